The minimum Gasteiger partial charge on any atom is -0.465 e. The molecule has 0 saturated heterocycles. The Morgan fingerprint density at radius 3 is 2.70 bits per heavy atom. The first-order chi connectivity index (χ1) is 11.3. The average molecular weight is 309 g/mol. The molecule has 0 saturated carbocycles. The molecule has 2 N–H and O–H groups in total. The molecule has 0 radical (unpaired) electrons. The minimum absolute atomic E-state index is 0.734. The van der Waals surface area contributed by atoms with Crippen molar-refractivity contribution in [1.82, 2.24) is 0 Å². The van der Waals surface area contributed by atoms with Gasteiger partial charge in [0.1, 0.15) is 5.75 Å². The molecule has 2 rings (SSSR count). The van der Waals surface area contributed by atoms with Gasteiger partial charge in [0.05, 0.1) is 6.26 Å². The maximum absolute atomic E-state index is 5.86. The van der Waals surface area contributed by atoms with Gasteiger partial charge in [-0.05, 0) is 61.1 Å². The van der Waals surface area contributed by atoms with Gasteiger partial charge in [0.25, 0.3) is 0 Å². The van der Waals surface area contributed by atoms with E-state index in [1.165, 1.54) is 24.0 Å². The van der Waals surface area contributed by atoms with Crippen LogP contribution in [-0.4, -0.2) is 6.54 Å². The Morgan fingerprint density at radius 2 is 1.87 bits per heavy atom. The van der Waals surface area contributed by atoms with E-state index in [-0.39, 0.29) is 0 Å². The van der Waals surface area contributed by atoms with Gasteiger partial charge in [-0.15, -0.1) is 0 Å². The summed E-state index contributed by atoms with van der Waals surface area (Å²) in [6.07, 6.45) is 9.30. The highest BCUT2D eigenvalue weighted by Crippen LogP contribution is 2.20. The Morgan fingerprint density at radius 1 is 1.00 bits per heavy atom. The molecule has 0 aromatic heterocycles. The largest absolute Gasteiger partial charge is 0.465 e. The topological polar surface area (TPSA) is 35.2 Å². The maximum atomic E-state index is 5.86. The van der Waals surface area contributed by atoms with Gasteiger partial charge in [-0.3, -0.25) is 0 Å². The molecule has 0 aliphatic heterocycles. The predicted octanol–water partition coefficient (Wildman–Crippen LogP) is 4.97. The zero-order chi connectivity index (χ0) is 16.3. The average Bonchev–Trinajstić information content (AvgIpc) is 2.59. The summed E-state index contributed by atoms with van der Waals surface area (Å²) < 4.78 is 5.86. The van der Waals surface area contributed by atoms with Gasteiger partial charge in [-0.2, -0.15) is 0 Å². The number of rotatable bonds is 9. The normalized spacial score (nSPS) is 11.0. The fourth-order valence-corrected chi connectivity index (χ4v) is 2.54. The SMILES string of the molecule is CCCCc1ccccc1O/C=C/c1cccc(CCCN)c1. The number of nitrogens with two attached hydrogens (primary N) is 1. The Labute approximate surface area is 140 Å². The highest BCUT2D eigenvalue weighted by atomic mass is 16.5. The second-order valence-corrected chi connectivity index (χ2v) is 5.77. The Kier molecular flexibility index (Phi) is 7.41. The molecule has 0 aliphatic rings. The van der Waals surface area contributed by atoms with Crippen molar-refractivity contribution < 1.29 is 4.74 Å². The summed E-state index contributed by atoms with van der Waals surface area (Å²) in [6.45, 7) is 2.94. The van der Waals surface area contributed by atoms with Crippen molar-refractivity contribution in [3.05, 3.63) is 71.5 Å². The fourth-order valence-electron chi connectivity index (χ4n) is 2.54. The van der Waals surface area contributed by atoms with E-state index in [9.17, 15) is 0 Å². The molecule has 0 fully saturated rings. The van der Waals surface area contributed by atoms with E-state index in [1.807, 2.05) is 18.2 Å². The van der Waals surface area contributed by atoms with E-state index < -0.39 is 0 Å². The third-order valence-corrected chi connectivity index (χ3v) is 3.85. The second-order valence-electron chi connectivity index (χ2n) is 5.77. The monoisotopic (exact) mass is 309 g/mol. The summed E-state index contributed by atoms with van der Waals surface area (Å²) in [6, 6.07) is 16.8. The molecule has 2 nitrogen and oxygen atoms in total. The van der Waals surface area contributed by atoms with E-state index in [0.717, 1.165) is 37.1 Å². The van der Waals surface area contributed by atoms with Crippen LogP contribution in [0.3, 0.4) is 0 Å². The lowest BCUT2D eigenvalue weighted by Crippen LogP contribution is -2.00. The van der Waals surface area contributed by atoms with Gasteiger partial charge in [-0.1, -0.05) is 55.8 Å². The van der Waals surface area contributed by atoms with Gasteiger partial charge in [0.2, 0.25) is 0 Å². The van der Waals surface area contributed by atoms with E-state index in [0.29, 0.717) is 0 Å². The molecule has 0 aliphatic carbocycles. The van der Waals surface area contributed by atoms with E-state index in [1.54, 1.807) is 6.26 Å². The maximum Gasteiger partial charge on any atom is 0.129 e. The molecule has 2 aromatic rings. The number of hydrogen-bond donors (Lipinski definition) is 1. The lowest BCUT2D eigenvalue weighted by atomic mass is 10.1. The first-order valence-electron chi connectivity index (χ1n) is 8.53. The lowest BCUT2D eigenvalue weighted by molar-refractivity contribution is 0.477. The zero-order valence-electron chi connectivity index (χ0n) is 14.0. The summed E-state index contributed by atoms with van der Waals surface area (Å²) in [5.74, 6) is 0.955. The van der Waals surface area contributed by atoms with Gasteiger partial charge in [0, 0.05) is 0 Å². The molecular weight excluding hydrogens is 282 g/mol. The van der Waals surface area contributed by atoms with Crippen molar-refractivity contribution in [2.45, 2.75) is 39.0 Å². The molecule has 0 amide bonds. The van der Waals surface area contributed by atoms with Crippen molar-refractivity contribution in [3.63, 3.8) is 0 Å². The summed E-state index contributed by atoms with van der Waals surface area (Å²) in [7, 11) is 0. The smallest absolute Gasteiger partial charge is 0.129 e. The van der Waals surface area contributed by atoms with Crippen molar-refractivity contribution in [3.8, 4) is 5.75 Å². The van der Waals surface area contributed by atoms with Gasteiger partial charge in [-0.25, -0.2) is 0 Å². The van der Waals surface area contributed by atoms with Crippen LogP contribution >= 0.6 is 0 Å². The van der Waals surface area contributed by atoms with Gasteiger partial charge >= 0.3 is 0 Å². The van der Waals surface area contributed by atoms with Crippen LogP contribution in [0.1, 0.15) is 42.9 Å². The van der Waals surface area contributed by atoms with Gasteiger partial charge in [0.15, 0.2) is 0 Å². The molecule has 2 aromatic carbocycles. The minimum atomic E-state index is 0.734. The van der Waals surface area contributed by atoms with E-state index >= 15 is 0 Å². The summed E-state index contributed by atoms with van der Waals surface area (Å²) >= 11 is 0. The molecule has 0 bridgehead atoms. The lowest BCUT2D eigenvalue weighted by Gasteiger charge is -2.07. The highest BCUT2D eigenvalue weighted by Gasteiger charge is 2.01. The van der Waals surface area contributed by atoms with Crippen LogP contribution in [0.5, 0.6) is 5.75 Å². The van der Waals surface area contributed by atoms with Crippen molar-refractivity contribution >= 4 is 6.08 Å². The zero-order valence-corrected chi connectivity index (χ0v) is 14.0. The molecule has 122 valence electrons. The predicted molar refractivity (Wildman–Crippen MR) is 98.5 cm³/mol. The van der Waals surface area contributed by atoms with Crippen LogP contribution in [0.4, 0.5) is 0 Å². The second kappa shape index (κ2) is 9.86. The third kappa shape index (κ3) is 5.91. The third-order valence-electron chi connectivity index (χ3n) is 3.85. The van der Waals surface area contributed by atoms with Crippen molar-refractivity contribution in [2.75, 3.05) is 6.54 Å². The van der Waals surface area contributed by atoms with E-state index in [2.05, 4.69) is 43.3 Å². The molecule has 0 unspecified atom stereocenters. The molecule has 23 heavy (non-hydrogen) atoms. The standard InChI is InChI=1S/C21H27NO/c1-2-3-11-20-12-4-5-13-21(20)23-16-14-19-9-6-8-18(17-19)10-7-15-22/h4-6,8-9,12-14,16-17H,2-3,7,10-11,15,22H2,1H3/b16-14+. The number of ether oxygens (including phenoxy) is 1. The number of unbranched alkanes of at least 4 members (excludes halogenated alkanes) is 1. The quantitative estimate of drug-likeness (QED) is 0.664. The molecular formula is C21H27NO. The fraction of sp³-hybridized carbons (Fsp3) is 0.333. The number of hydrogen-bond acceptors (Lipinski definition) is 2. The molecule has 0 spiro atoms. The number of aryl methyl sites for hydroxylation is 2. The number of para-hydroxylation sites is 1. The Balaban J connectivity index is 1.99. The Hall–Kier alpha value is -2.06. The summed E-state index contributed by atoms with van der Waals surface area (Å²) in [5, 5.41) is 0. The molecule has 2 heteroatoms. The van der Waals surface area contributed by atoms with Crippen LogP contribution in [-0.2, 0) is 12.8 Å². The van der Waals surface area contributed by atoms with Crippen LogP contribution in [0.25, 0.3) is 6.08 Å². The summed E-state index contributed by atoms with van der Waals surface area (Å²) in [5.41, 5.74) is 9.33. The molecule has 0 heterocycles. The van der Waals surface area contributed by atoms with Crippen LogP contribution < -0.4 is 10.5 Å². The first-order valence-corrected chi connectivity index (χ1v) is 8.53. The van der Waals surface area contributed by atoms with Crippen LogP contribution in [0.2, 0.25) is 0 Å². The summed E-state index contributed by atoms with van der Waals surface area (Å²) in [4.78, 5) is 0. The van der Waals surface area contributed by atoms with Crippen LogP contribution in [0, 0.1) is 0 Å². The molecule has 0 atom stereocenters. The first kappa shape index (κ1) is 17.3. The Bertz CT molecular complexity index is 619. The van der Waals surface area contributed by atoms with E-state index in [4.69, 9.17) is 10.5 Å². The number of benzene rings is 2. The van der Waals surface area contributed by atoms with Crippen molar-refractivity contribution in [1.29, 1.82) is 0 Å². The van der Waals surface area contributed by atoms with Crippen LogP contribution in [0.15, 0.2) is 54.8 Å². The van der Waals surface area contributed by atoms with Crippen molar-refractivity contribution in [2.24, 2.45) is 5.73 Å². The van der Waals surface area contributed by atoms with Gasteiger partial charge < -0.3 is 10.5 Å². The highest BCUT2D eigenvalue weighted by molar-refractivity contribution is 5.50.